The Balaban J connectivity index is 1.98. The molecule has 8 heteroatoms. The molecule has 0 radical (unpaired) electrons. The van der Waals surface area contributed by atoms with E-state index in [1.165, 1.54) is 31.3 Å². The third kappa shape index (κ3) is 3.39. The summed E-state index contributed by atoms with van der Waals surface area (Å²) in [6.07, 6.45) is 2.43. The van der Waals surface area contributed by atoms with Crippen molar-refractivity contribution < 1.29 is 24.2 Å². The number of amides is 1. The van der Waals surface area contributed by atoms with Gasteiger partial charge in [0.05, 0.1) is 36.4 Å². The van der Waals surface area contributed by atoms with Crippen molar-refractivity contribution in [2.75, 3.05) is 20.8 Å². The van der Waals surface area contributed by atoms with Gasteiger partial charge in [-0.25, -0.2) is 0 Å². The number of Topliss-reactive ketones (excluding diaryl/α,β-unsaturated/α-hetero) is 1. The van der Waals surface area contributed by atoms with Gasteiger partial charge in [-0.15, -0.1) is 0 Å². The number of ketones is 1. The van der Waals surface area contributed by atoms with Gasteiger partial charge >= 0.3 is 0 Å². The fraction of sp³-hybridized carbons (Fsp3) is 0.250. The highest BCUT2D eigenvalue weighted by Crippen LogP contribution is 2.44. The maximum atomic E-state index is 13.1. The molecule has 1 aliphatic rings. The van der Waals surface area contributed by atoms with Crippen LogP contribution in [0.3, 0.4) is 0 Å². The molecule has 1 atom stereocenters. The van der Waals surface area contributed by atoms with Crippen molar-refractivity contribution >= 4 is 40.0 Å². The maximum absolute atomic E-state index is 13.1. The zero-order valence-corrected chi connectivity index (χ0v) is 18.7. The number of H-pyrrole nitrogens is 1. The van der Waals surface area contributed by atoms with Gasteiger partial charge in [-0.1, -0.05) is 36.7 Å². The summed E-state index contributed by atoms with van der Waals surface area (Å²) in [6.45, 7) is 2.30. The Hall–Kier alpha value is -3.45. The summed E-state index contributed by atoms with van der Waals surface area (Å²) in [5.74, 6) is -1.12. The van der Waals surface area contributed by atoms with Crippen molar-refractivity contribution in [1.29, 1.82) is 0 Å². The van der Waals surface area contributed by atoms with Crippen molar-refractivity contribution in [2.24, 2.45) is 0 Å². The Kier molecular flexibility index (Phi) is 5.84. The normalized spacial score (nSPS) is 17.9. The molecule has 1 fully saturated rings. The van der Waals surface area contributed by atoms with Gasteiger partial charge in [-0.2, -0.15) is 0 Å². The van der Waals surface area contributed by atoms with Crippen LogP contribution < -0.4 is 9.47 Å². The average molecular weight is 455 g/mol. The van der Waals surface area contributed by atoms with E-state index in [1.54, 1.807) is 6.20 Å². The summed E-state index contributed by atoms with van der Waals surface area (Å²) >= 11 is 6.29. The number of nitrogens with one attached hydrogen (secondary N) is 1. The highest BCUT2D eigenvalue weighted by Gasteiger charge is 2.46. The minimum Gasteiger partial charge on any atom is -0.507 e. The predicted octanol–water partition coefficient (Wildman–Crippen LogP) is 4.67. The second kappa shape index (κ2) is 8.59. The number of fused-ring (bicyclic) bond motifs is 1. The molecule has 1 saturated heterocycles. The molecule has 1 aliphatic heterocycles. The molecule has 32 heavy (non-hydrogen) atoms. The van der Waals surface area contributed by atoms with Gasteiger partial charge in [-0.3, -0.25) is 9.59 Å². The van der Waals surface area contributed by atoms with Gasteiger partial charge in [-0.05, 0) is 18.6 Å². The summed E-state index contributed by atoms with van der Waals surface area (Å²) in [5, 5.41) is 12.4. The largest absolute Gasteiger partial charge is 0.507 e. The number of para-hydroxylation sites is 1. The monoisotopic (exact) mass is 454 g/mol. The maximum Gasteiger partial charge on any atom is 0.295 e. The van der Waals surface area contributed by atoms with Crippen molar-refractivity contribution in [3.05, 3.63) is 64.3 Å². The second-order valence-electron chi connectivity index (χ2n) is 7.47. The molecule has 1 amide bonds. The number of likely N-dealkylation sites (tertiary alicyclic amines) is 1. The van der Waals surface area contributed by atoms with E-state index >= 15 is 0 Å². The fourth-order valence-corrected chi connectivity index (χ4v) is 4.43. The highest BCUT2D eigenvalue weighted by atomic mass is 35.5. The molecule has 1 unspecified atom stereocenters. The van der Waals surface area contributed by atoms with E-state index < -0.39 is 17.7 Å². The molecule has 3 aromatic rings. The van der Waals surface area contributed by atoms with E-state index in [2.05, 4.69) is 4.98 Å². The highest BCUT2D eigenvalue weighted by molar-refractivity contribution is 6.46. The number of methoxy groups -OCH3 is 2. The van der Waals surface area contributed by atoms with E-state index in [0.717, 1.165) is 16.5 Å². The molecule has 0 spiro atoms. The van der Waals surface area contributed by atoms with Crippen LogP contribution in [-0.4, -0.2) is 47.4 Å². The molecule has 7 nitrogen and oxygen atoms in total. The van der Waals surface area contributed by atoms with Crippen LogP contribution in [0.1, 0.15) is 30.5 Å². The number of hydrogen-bond acceptors (Lipinski definition) is 5. The topological polar surface area (TPSA) is 91.9 Å². The molecule has 0 aliphatic carbocycles. The van der Waals surface area contributed by atoms with Crippen LogP contribution in [0.2, 0.25) is 5.02 Å². The van der Waals surface area contributed by atoms with Gasteiger partial charge in [0.25, 0.3) is 11.7 Å². The predicted molar refractivity (Wildman–Crippen MR) is 122 cm³/mol. The first-order valence-electron chi connectivity index (χ1n) is 10.2. The summed E-state index contributed by atoms with van der Waals surface area (Å²) in [5.41, 5.74) is 1.80. The Morgan fingerprint density at radius 2 is 1.88 bits per heavy atom. The molecule has 2 heterocycles. The molecule has 0 saturated carbocycles. The number of aromatic nitrogens is 1. The minimum absolute atomic E-state index is 0.00673. The van der Waals surface area contributed by atoms with Gasteiger partial charge in [0.15, 0.2) is 0 Å². The Morgan fingerprint density at radius 3 is 2.56 bits per heavy atom. The van der Waals surface area contributed by atoms with Crippen LogP contribution in [0.15, 0.2) is 48.2 Å². The average Bonchev–Trinajstić information content (AvgIpc) is 3.33. The van der Waals surface area contributed by atoms with E-state index in [1.807, 2.05) is 31.2 Å². The van der Waals surface area contributed by atoms with E-state index in [9.17, 15) is 14.7 Å². The number of benzene rings is 2. The van der Waals surface area contributed by atoms with Crippen LogP contribution in [0.25, 0.3) is 16.7 Å². The summed E-state index contributed by atoms with van der Waals surface area (Å²) < 4.78 is 10.6. The Morgan fingerprint density at radius 1 is 1.16 bits per heavy atom. The lowest BCUT2D eigenvalue weighted by molar-refractivity contribution is -0.139. The number of carbonyl (C=O) groups is 2. The van der Waals surface area contributed by atoms with Gasteiger partial charge in [0.1, 0.15) is 17.3 Å². The SMILES string of the molecule is CCCN1C(=O)C(=O)/C(=C(/O)c2cc(Cl)c(OC)cc2OC)C1c1c[nH]c2ccccc12. The first-order valence-corrected chi connectivity index (χ1v) is 10.6. The fourth-order valence-electron chi connectivity index (χ4n) is 4.19. The molecular formula is C24H23ClN2O5. The summed E-state index contributed by atoms with van der Waals surface area (Å²) in [4.78, 5) is 30.8. The van der Waals surface area contributed by atoms with Gasteiger partial charge in [0.2, 0.25) is 0 Å². The number of hydrogen-bond donors (Lipinski definition) is 2. The van der Waals surface area contributed by atoms with Crippen molar-refractivity contribution in [1.82, 2.24) is 9.88 Å². The molecule has 2 aromatic carbocycles. The van der Waals surface area contributed by atoms with Crippen molar-refractivity contribution in [3.63, 3.8) is 0 Å². The first kappa shape index (κ1) is 21.8. The van der Waals surface area contributed by atoms with Gasteiger partial charge < -0.3 is 24.5 Å². The zero-order valence-electron chi connectivity index (χ0n) is 17.9. The van der Waals surface area contributed by atoms with Crippen molar-refractivity contribution in [2.45, 2.75) is 19.4 Å². The van der Waals surface area contributed by atoms with Crippen LogP contribution >= 0.6 is 11.6 Å². The number of nitrogens with zero attached hydrogens (tertiary/aromatic N) is 1. The number of aromatic amines is 1. The third-order valence-corrected chi connectivity index (χ3v) is 5.94. The lowest BCUT2D eigenvalue weighted by atomic mass is 9.94. The standard InChI is InChI=1S/C24H23ClN2O5/c1-4-9-27-21(15-12-26-17-8-6-5-7-13(15)17)20(23(29)24(27)30)22(28)14-10-16(25)19(32-3)11-18(14)31-2/h5-8,10-12,21,26,28H,4,9H2,1-3H3/b22-20+. The first-order chi connectivity index (χ1) is 15.4. The van der Waals surface area contributed by atoms with Crippen LogP contribution in [0, 0.1) is 0 Å². The number of rotatable bonds is 6. The summed E-state index contributed by atoms with van der Waals surface area (Å²) in [7, 11) is 2.90. The lowest BCUT2D eigenvalue weighted by Gasteiger charge is -2.24. The molecule has 4 rings (SSSR count). The number of aliphatic hydroxyl groups excluding tert-OH is 1. The Bertz CT molecular complexity index is 1250. The number of carbonyl (C=O) groups excluding carboxylic acids is 2. The molecule has 0 bridgehead atoms. The van der Waals surface area contributed by atoms with E-state index in [4.69, 9.17) is 21.1 Å². The third-order valence-electron chi connectivity index (χ3n) is 5.65. The number of halogens is 1. The Labute approximate surface area is 190 Å². The van der Waals surface area contributed by atoms with Crippen molar-refractivity contribution in [3.8, 4) is 11.5 Å². The lowest BCUT2D eigenvalue weighted by Crippen LogP contribution is -2.30. The van der Waals surface area contributed by atoms with Crippen LogP contribution in [-0.2, 0) is 9.59 Å². The molecular weight excluding hydrogens is 432 g/mol. The molecule has 2 N–H and O–H groups in total. The molecule has 166 valence electrons. The van der Waals surface area contributed by atoms with Crippen LogP contribution in [0.5, 0.6) is 11.5 Å². The van der Waals surface area contributed by atoms with Gasteiger partial charge in [0, 0.05) is 35.3 Å². The molecule has 1 aromatic heterocycles. The quantitative estimate of drug-likeness (QED) is 0.321. The number of ether oxygens (including phenoxy) is 2. The van der Waals surface area contributed by atoms with Crippen LogP contribution in [0.4, 0.5) is 0 Å². The van der Waals surface area contributed by atoms with E-state index in [-0.39, 0.29) is 27.7 Å². The summed E-state index contributed by atoms with van der Waals surface area (Å²) in [6, 6.07) is 9.86. The second-order valence-corrected chi connectivity index (χ2v) is 7.88. The zero-order chi connectivity index (χ0) is 23.0. The van der Waals surface area contributed by atoms with E-state index in [0.29, 0.717) is 18.7 Å². The smallest absolute Gasteiger partial charge is 0.295 e. The number of aliphatic hydroxyl groups is 1. The minimum atomic E-state index is -0.753.